The summed E-state index contributed by atoms with van der Waals surface area (Å²) in [6.45, 7) is 0. The quantitative estimate of drug-likeness (QED) is 0.155. The highest BCUT2D eigenvalue weighted by Crippen LogP contribution is 2.65. The molecular weight excluding hydrogens is 791 g/mol. The van der Waals surface area contributed by atoms with Crippen LogP contribution in [0.5, 0.6) is 0 Å². The lowest BCUT2D eigenvalue weighted by atomic mass is 9.52. The molecule has 1 nitrogen and oxygen atoms in total. The van der Waals surface area contributed by atoms with E-state index < -0.39 is 10.8 Å². The third-order valence-corrected chi connectivity index (χ3v) is 15.6. The molecule has 0 N–H and O–H groups in total. The van der Waals surface area contributed by atoms with Gasteiger partial charge in [-0.15, -0.1) is 11.3 Å². The normalized spacial score (nSPS) is 19.2. The summed E-state index contributed by atoms with van der Waals surface area (Å²) in [5.41, 5.74) is 17.1. The fourth-order valence-corrected chi connectivity index (χ4v) is 13.1. The van der Waals surface area contributed by atoms with Gasteiger partial charge >= 0.3 is 0 Å². The molecule has 3 aliphatic carbocycles. The van der Waals surface area contributed by atoms with Gasteiger partial charge in [0.2, 0.25) is 0 Å². The van der Waals surface area contributed by atoms with Crippen LogP contribution in [0.15, 0.2) is 243 Å². The van der Waals surface area contributed by atoms with Gasteiger partial charge in [-0.05, 0) is 104 Å². The number of benzene rings is 9. The van der Waals surface area contributed by atoms with E-state index in [-0.39, 0.29) is 6.04 Å². The van der Waals surface area contributed by atoms with Crippen LogP contribution in [0, 0.1) is 0 Å². The van der Waals surface area contributed by atoms with Gasteiger partial charge in [-0.2, -0.15) is 0 Å². The summed E-state index contributed by atoms with van der Waals surface area (Å²) in [5.74, 6) is 0. The molecule has 0 radical (unpaired) electrons. The summed E-state index contributed by atoms with van der Waals surface area (Å²) in [6, 6.07) is 84.2. The first-order chi connectivity index (χ1) is 31.8. The first kappa shape index (κ1) is 37.1. The van der Waals surface area contributed by atoms with Gasteiger partial charge in [0, 0.05) is 31.5 Å². The van der Waals surface area contributed by atoms with Crippen LogP contribution in [0.2, 0.25) is 0 Å². The lowest BCUT2D eigenvalue weighted by Crippen LogP contribution is -2.44. The molecule has 2 heteroatoms. The predicted molar refractivity (Wildman–Crippen MR) is 269 cm³/mol. The zero-order valence-electron chi connectivity index (χ0n) is 35.2. The number of anilines is 2. The lowest BCUT2D eigenvalue weighted by molar-refractivity contribution is 0.626. The zero-order valence-corrected chi connectivity index (χ0v) is 36.1. The van der Waals surface area contributed by atoms with E-state index in [1.54, 1.807) is 0 Å². The highest BCUT2D eigenvalue weighted by atomic mass is 32.1. The molecule has 302 valence electrons. The van der Waals surface area contributed by atoms with E-state index in [1.807, 2.05) is 11.3 Å². The largest absolute Gasteiger partial charge is 0.334 e. The number of fused-ring (bicyclic) bond motifs is 8. The van der Waals surface area contributed by atoms with Crippen molar-refractivity contribution >= 4 is 48.5 Å². The number of hydrogen-bond donors (Lipinski definition) is 0. The van der Waals surface area contributed by atoms with Gasteiger partial charge in [-0.3, -0.25) is 0 Å². The van der Waals surface area contributed by atoms with Crippen LogP contribution in [-0.4, -0.2) is 6.04 Å². The maximum Gasteiger partial charge on any atom is 0.0720 e. The Bertz CT molecular complexity index is 3470. The van der Waals surface area contributed by atoms with E-state index in [0.29, 0.717) is 0 Å². The molecule has 3 aliphatic rings. The molecule has 0 aliphatic heterocycles. The third-order valence-electron chi connectivity index (χ3n) is 14.4. The first-order valence-corrected chi connectivity index (χ1v) is 23.3. The molecule has 1 heterocycles. The van der Waals surface area contributed by atoms with Crippen LogP contribution in [0.25, 0.3) is 36.9 Å². The number of nitrogens with zero attached hydrogens (tertiary/aromatic N) is 1. The molecule has 13 rings (SSSR count). The summed E-state index contributed by atoms with van der Waals surface area (Å²) >= 11 is 1.90. The van der Waals surface area contributed by atoms with Crippen molar-refractivity contribution in [3.63, 3.8) is 0 Å². The number of allylic oxidation sites excluding steroid dienone is 2. The topological polar surface area (TPSA) is 3.24 Å². The average molecular weight is 834 g/mol. The Morgan fingerprint density at radius 3 is 1.67 bits per heavy atom. The van der Waals surface area contributed by atoms with Crippen LogP contribution >= 0.6 is 11.3 Å². The third kappa shape index (κ3) is 5.18. The van der Waals surface area contributed by atoms with Gasteiger partial charge in [-0.1, -0.05) is 212 Å². The summed E-state index contributed by atoms with van der Waals surface area (Å²) in [7, 11) is 0. The number of para-hydroxylation sites is 1. The minimum atomic E-state index is -0.588. The molecule has 0 fully saturated rings. The molecule has 0 amide bonds. The van der Waals surface area contributed by atoms with Crippen molar-refractivity contribution in [1.82, 2.24) is 0 Å². The van der Waals surface area contributed by atoms with Crippen molar-refractivity contribution in [2.24, 2.45) is 0 Å². The Morgan fingerprint density at radius 2 is 0.938 bits per heavy atom. The zero-order chi connectivity index (χ0) is 42.2. The van der Waals surface area contributed by atoms with E-state index in [4.69, 9.17) is 0 Å². The maximum absolute atomic E-state index is 2.52. The Hall–Kier alpha value is -7.52. The van der Waals surface area contributed by atoms with Crippen molar-refractivity contribution in [2.45, 2.75) is 23.3 Å². The molecule has 0 spiro atoms. The number of hydrogen-bond acceptors (Lipinski definition) is 2. The van der Waals surface area contributed by atoms with Crippen molar-refractivity contribution in [2.75, 3.05) is 4.90 Å². The summed E-state index contributed by atoms with van der Waals surface area (Å²) in [6.07, 6.45) is 8.11. The highest BCUT2D eigenvalue weighted by Gasteiger charge is 2.57. The van der Waals surface area contributed by atoms with Crippen molar-refractivity contribution in [1.29, 1.82) is 0 Å². The Labute approximate surface area is 378 Å². The second kappa shape index (κ2) is 14.5. The molecule has 3 atom stereocenters. The van der Waals surface area contributed by atoms with Gasteiger partial charge in [0.05, 0.1) is 16.9 Å². The molecule has 0 saturated heterocycles. The standard InChI is InChI=1S/C62H43NS/c1-4-18-43(19-5-1)61(55-30-13-14-31-56(55)62(44-20-6-2-7-21-44)54-29-12-10-24-50(54)52-27-17-32-57(61)59(52)62)45-36-40-48(41-37-45)63(46-22-8-3-9-23-46)47-38-34-42(35-39-47)49-26-16-28-53-51-25-11-15-33-58(51)64-60(49)53/h1-38,40-41,47H,39H2. The lowest BCUT2D eigenvalue weighted by Gasteiger charge is -2.49. The SMILES string of the molecule is C1=CC(N(c2ccccc2)c2ccc(C3(c4ccccc4)c4ccccc4C4(c5ccccc5)c5ccccc5-c5cccc3c54)cc2)CC=C1c1cccc2c1sc1ccccc12. The molecule has 9 aromatic carbocycles. The molecule has 3 unspecified atom stereocenters. The fraction of sp³-hybridized carbons (Fsp3) is 0.0645. The second-order valence-corrected chi connectivity index (χ2v) is 18.5. The van der Waals surface area contributed by atoms with Crippen LogP contribution in [0.3, 0.4) is 0 Å². The minimum absolute atomic E-state index is 0.138. The van der Waals surface area contributed by atoms with Crippen LogP contribution < -0.4 is 4.90 Å². The molecule has 0 bridgehead atoms. The van der Waals surface area contributed by atoms with E-state index in [1.165, 1.54) is 98.3 Å². The summed E-state index contributed by atoms with van der Waals surface area (Å²) < 4.78 is 2.70. The molecule has 10 aromatic rings. The monoisotopic (exact) mass is 833 g/mol. The molecule has 64 heavy (non-hydrogen) atoms. The van der Waals surface area contributed by atoms with E-state index in [2.05, 4.69) is 248 Å². The Balaban J connectivity index is 0.972. The summed E-state index contributed by atoms with van der Waals surface area (Å²) in [5, 5.41) is 2.68. The number of rotatable bonds is 7. The van der Waals surface area contributed by atoms with Gasteiger partial charge < -0.3 is 4.90 Å². The van der Waals surface area contributed by atoms with Crippen LogP contribution in [-0.2, 0) is 10.8 Å². The molecule has 0 saturated carbocycles. The smallest absolute Gasteiger partial charge is 0.0720 e. The van der Waals surface area contributed by atoms with E-state index in [0.717, 1.165) is 6.42 Å². The van der Waals surface area contributed by atoms with E-state index in [9.17, 15) is 0 Å². The van der Waals surface area contributed by atoms with E-state index >= 15 is 0 Å². The second-order valence-electron chi connectivity index (χ2n) is 17.4. The van der Waals surface area contributed by atoms with Gasteiger partial charge in [0.1, 0.15) is 0 Å². The molecular formula is C62H43NS. The van der Waals surface area contributed by atoms with Crippen molar-refractivity contribution in [3.05, 3.63) is 293 Å². The van der Waals surface area contributed by atoms with Crippen LogP contribution in [0.4, 0.5) is 11.4 Å². The Kier molecular flexibility index (Phi) is 8.41. The van der Waals surface area contributed by atoms with Gasteiger partial charge in [-0.25, -0.2) is 0 Å². The number of thiophene rings is 1. The minimum Gasteiger partial charge on any atom is -0.334 e. The van der Waals surface area contributed by atoms with Gasteiger partial charge in [0.25, 0.3) is 0 Å². The van der Waals surface area contributed by atoms with Crippen LogP contribution in [0.1, 0.15) is 56.5 Å². The first-order valence-electron chi connectivity index (χ1n) is 22.4. The van der Waals surface area contributed by atoms with Gasteiger partial charge in [0.15, 0.2) is 0 Å². The van der Waals surface area contributed by atoms with Crippen molar-refractivity contribution < 1.29 is 0 Å². The Morgan fingerprint density at radius 1 is 0.406 bits per heavy atom. The highest BCUT2D eigenvalue weighted by molar-refractivity contribution is 7.26. The average Bonchev–Trinajstić information content (AvgIpc) is 3.91. The van der Waals surface area contributed by atoms with Crippen molar-refractivity contribution in [3.8, 4) is 11.1 Å². The maximum atomic E-state index is 2.52. The predicted octanol–water partition coefficient (Wildman–Crippen LogP) is 15.7. The summed E-state index contributed by atoms with van der Waals surface area (Å²) in [4.78, 5) is 2.52. The fourth-order valence-electron chi connectivity index (χ4n) is 11.8. The molecule has 1 aromatic heterocycles.